The second kappa shape index (κ2) is 6.55. The Kier molecular flexibility index (Phi) is 5.63. The molecule has 2 aromatic rings. The average molecular weight is 353 g/mol. The predicted octanol–water partition coefficient (Wildman–Crippen LogP) is 3.92. The van der Waals surface area contributed by atoms with Crippen molar-refractivity contribution in [3.63, 3.8) is 0 Å². The smallest absolute Gasteiger partial charge is 0.0346 e. The first-order chi connectivity index (χ1) is 6.38. The number of benzene rings is 1. The van der Waals surface area contributed by atoms with Crippen molar-refractivity contribution in [3.8, 4) is 0 Å². The molecule has 0 aliphatic carbocycles. The van der Waals surface area contributed by atoms with Gasteiger partial charge in [0.25, 0.3) is 0 Å². The maximum absolute atomic E-state index is 4.01. The van der Waals surface area contributed by atoms with Gasteiger partial charge in [-0.25, -0.2) is 0 Å². The fraction of sp³-hybridized carbons (Fsp3) is 0. The summed E-state index contributed by atoms with van der Waals surface area (Å²) >= 11 is 7.38. The zero-order valence-corrected chi connectivity index (χ0v) is 10.7. The molecule has 0 aliphatic heterocycles. The van der Waals surface area contributed by atoms with Crippen molar-refractivity contribution < 1.29 is 11.3 Å². The van der Waals surface area contributed by atoms with Crippen LogP contribution < -0.4 is 0 Å². The molecular weight excluding hydrogens is 345 g/mol. The summed E-state index contributed by atoms with van der Waals surface area (Å²) in [4.78, 5) is 4.01. The topological polar surface area (TPSA) is 12.9 Å². The van der Waals surface area contributed by atoms with E-state index < -0.39 is 0 Å². The molecule has 0 saturated carbocycles. The molecule has 0 unspecified atom stereocenters. The number of pyridine rings is 1. The quantitative estimate of drug-likeness (QED) is 0.655. The van der Waals surface area contributed by atoms with Gasteiger partial charge in [-0.2, -0.15) is 0 Å². The number of hydrogen-bond donors (Lipinski definition) is 0. The van der Waals surface area contributed by atoms with E-state index in [2.05, 4.69) is 45.3 Å². The van der Waals surface area contributed by atoms with Crippen molar-refractivity contribution in [3.05, 3.63) is 42.7 Å². The van der Waals surface area contributed by atoms with Crippen LogP contribution >= 0.6 is 28.2 Å². The molecule has 1 aromatic carbocycles. The first-order valence-electron chi connectivity index (χ1n) is 3.48. The standard InChI is InChI=1S/C9H7N.2BrH.Cu/c1-2-4-9-7-10-6-5-8(9)3-1;;;/h1-7H;2*1H;/q;;;+2/p-2. The molecule has 1 nitrogen and oxygen atoms in total. The molecule has 0 amide bonds. The Morgan fingerprint density at radius 3 is 2.23 bits per heavy atom. The molecule has 0 N–H and O–H groups in total. The van der Waals surface area contributed by atoms with Crippen molar-refractivity contribution in [2.24, 2.45) is 0 Å². The molecule has 73 valence electrons. The van der Waals surface area contributed by atoms with Crippen LogP contribution in [0.3, 0.4) is 0 Å². The number of hydrogen-bond acceptors (Lipinski definition) is 1. The Bertz CT molecular complexity index is 302. The van der Waals surface area contributed by atoms with Crippen LogP contribution in [0.2, 0.25) is 0 Å². The summed E-state index contributed by atoms with van der Waals surface area (Å²) in [6.07, 6.45) is 3.68. The summed E-state index contributed by atoms with van der Waals surface area (Å²) in [5.41, 5.74) is 0. The number of aromatic nitrogens is 1. The van der Waals surface area contributed by atoms with Gasteiger partial charge in [-0.3, -0.25) is 4.98 Å². The third-order valence-corrected chi connectivity index (χ3v) is 1.55. The van der Waals surface area contributed by atoms with E-state index in [4.69, 9.17) is 0 Å². The number of fused-ring (bicyclic) bond motifs is 1. The zero-order chi connectivity index (χ0) is 9.52. The van der Waals surface area contributed by atoms with Gasteiger partial charge in [0.15, 0.2) is 0 Å². The maximum Gasteiger partial charge on any atom is 0.0346 e. The van der Waals surface area contributed by atoms with Crippen molar-refractivity contribution in [2.75, 3.05) is 0 Å². The summed E-state index contributed by atoms with van der Waals surface area (Å²) in [5.74, 6) is 0. The second-order valence-corrected chi connectivity index (χ2v) is 7.02. The molecule has 1 heterocycles. The van der Waals surface area contributed by atoms with Crippen LogP contribution in [-0.4, -0.2) is 4.98 Å². The minimum atomic E-state index is 1.20. The van der Waals surface area contributed by atoms with Gasteiger partial charge in [0.1, 0.15) is 0 Å². The van der Waals surface area contributed by atoms with Crippen LogP contribution in [-0.2, 0) is 11.3 Å². The third kappa shape index (κ3) is 3.77. The molecule has 0 saturated heterocycles. The average Bonchev–Trinajstić information content (AvgIpc) is 2.19. The fourth-order valence-electron chi connectivity index (χ4n) is 1.03. The van der Waals surface area contributed by atoms with E-state index in [0.717, 1.165) is 0 Å². The summed E-state index contributed by atoms with van der Waals surface area (Å²) in [5, 5.41) is 2.45. The largest absolute Gasteiger partial charge is 0.264 e. The molecule has 13 heavy (non-hydrogen) atoms. The van der Waals surface area contributed by atoms with Gasteiger partial charge in [0, 0.05) is 12.4 Å². The van der Waals surface area contributed by atoms with Crippen LogP contribution in [0.1, 0.15) is 0 Å². The van der Waals surface area contributed by atoms with Gasteiger partial charge in [0.2, 0.25) is 0 Å². The van der Waals surface area contributed by atoms with E-state index in [0.29, 0.717) is 0 Å². The molecule has 0 atom stereocenters. The molecule has 2 rings (SSSR count). The van der Waals surface area contributed by atoms with Crippen molar-refractivity contribution in [1.82, 2.24) is 4.98 Å². The van der Waals surface area contributed by atoms with Gasteiger partial charge >= 0.3 is 39.6 Å². The Balaban J connectivity index is 0.000000251. The van der Waals surface area contributed by atoms with E-state index in [1.54, 1.807) is 0 Å². The van der Waals surface area contributed by atoms with Crippen molar-refractivity contribution in [2.45, 2.75) is 0 Å². The molecule has 4 heteroatoms. The minimum absolute atomic E-state index is 1.20. The normalized spacial score (nSPS) is 9.38. The van der Waals surface area contributed by atoms with E-state index in [9.17, 15) is 0 Å². The Morgan fingerprint density at radius 2 is 1.62 bits per heavy atom. The SMILES string of the molecule is [Br][Cu][Br].c1ccc2cnccc2c1. The molecule has 0 fully saturated rings. The van der Waals surface area contributed by atoms with Crippen LogP contribution in [0.15, 0.2) is 42.7 Å². The molecule has 0 bridgehead atoms. The summed E-state index contributed by atoms with van der Waals surface area (Å²) in [7, 11) is 0. The molecule has 0 radical (unpaired) electrons. The van der Waals surface area contributed by atoms with Crippen LogP contribution in [0.5, 0.6) is 0 Å². The third-order valence-electron chi connectivity index (χ3n) is 1.55. The first-order valence-corrected chi connectivity index (χ1v) is 8.14. The van der Waals surface area contributed by atoms with E-state index in [1.165, 1.54) is 22.1 Å². The van der Waals surface area contributed by atoms with Crippen LogP contribution in [0.25, 0.3) is 10.8 Å². The van der Waals surface area contributed by atoms with E-state index in [1.807, 2.05) is 30.6 Å². The van der Waals surface area contributed by atoms with Gasteiger partial charge in [-0.05, 0) is 16.8 Å². The first kappa shape index (κ1) is 11.2. The molecule has 1 aromatic heterocycles. The van der Waals surface area contributed by atoms with Gasteiger partial charge in [-0.1, -0.05) is 24.3 Å². The Labute approximate surface area is 97.5 Å². The fourth-order valence-corrected chi connectivity index (χ4v) is 1.03. The summed E-state index contributed by atoms with van der Waals surface area (Å²) in [6, 6.07) is 10.2. The minimum Gasteiger partial charge on any atom is -0.264 e. The molecule has 0 aliphatic rings. The van der Waals surface area contributed by atoms with Crippen molar-refractivity contribution in [1.29, 1.82) is 0 Å². The molecule has 0 spiro atoms. The maximum atomic E-state index is 4.01. The van der Waals surface area contributed by atoms with Crippen LogP contribution in [0.4, 0.5) is 0 Å². The zero-order valence-electron chi connectivity index (χ0n) is 6.55. The monoisotopic (exact) mass is 350 g/mol. The van der Waals surface area contributed by atoms with Crippen molar-refractivity contribution >= 4 is 39.0 Å². The predicted molar refractivity (Wildman–Crippen MR) is 59.6 cm³/mol. The number of nitrogens with zero attached hydrogens (tertiary/aromatic N) is 1. The number of rotatable bonds is 0. The van der Waals surface area contributed by atoms with E-state index >= 15 is 0 Å². The van der Waals surface area contributed by atoms with Crippen LogP contribution in [0, 0.1) is 0 Å². The molecular formula is C9H7Br2CuN. The summed E-state index contributed by atoms with van der Waals surface area (Å²) < 4.78 is 0. The second-order valence-electron chi connectivity index (χ2n) is 2.27. The Morgan fingerprint density at radius 1 is 1.00 bits per heavy atom. The number of halogens is 2. The van der Waals surface area contributed by atoms with Gasteiger partial charge < -0.3 is 0 Å². The van der Waals surface area contributed by atoms with E-state index in [-0.39, 0.29) is 0 Å². The Hall–Kier alpha value is 0.109. The van der Waals surface area contributed by atoms with Gasteiger partial charge in [-0.15, -0.1) is 0 Å². The summed E-state index contributed by atoms with van der Waals surface area (Å²) in [6.45, 7) is 0. The van der Waals surface area contributed by atoms with Gasteiger partial charge in [0.05, 0.1) is 0 Å².